The molecule has 0 amide bonds. The van der Waals surface area contributed by atoms with E-state index >= 15 is 0 Å². The molecule has 0 unspecified atom stereocenters. The standard InChI is InChI=1S/C14H23N3O/c1-11(2)8-9-16-14(15)17-10-12-6-4-5-7-13(12)18-3/h4-7,11H,8-10H2,1-3H3,(H3,15,16,17). The zero-order valence-electron chi connectivity index (χ0n) is 11.4. The number of rotatable bonds is 6. The fraction of sp³-hybridized carbons (Fsp3) is 0.500. The minimum atomic E-state index is 0.488. The molecule has 0 aliphatic carbocycles. The van der Waals surface area contributed by atoms with E-state index in [-0.39, 0.29) is 0 Å². The maximum atomic E-state index is 5.80. The first kappa shape index (κ1) is 14.4. The van der Waals surface area contributed by atoms with Crippen LogP contribution in [0.1, 0.15) is 25.8 Å². The predicted molar refractivity (Wildman–Crippen MR) is 75.8 cm³/mol. The topological polar surface area (TPSA) is 59.6 Å². The molecule has 4 heteroatoms. The highest BCUT2D eigenvalue weighted by molar-refractivity contribution is 5.77. The quantitative estimate of drug-likeness (QED) is 0.600. The van der Waals surface area contributed by atoms with Crippen molar-refractivity contribution in [1.29, 1.82) is 0 Å². The number of methoxy groups -OCH3 is 1. The van der Waals surface area contributed by atoms with Crippen LogP contribution in [0.5, 0.6) is 5.75 Å². The summed E-state index contributed by atoms with van der Waals surface area (Å²) in [5.74, 6) is 2.00. The summed E-state index contributed by atoms with van der Waals surface area (Å²) >= 11 is 0. The van der Waals surface area contributed by atoms with Gasteiger partial charge in [-0.05, 0) is 18.4 Å². The molecule has 0 aliphatic heterocycles. The van der Waals surface area contributed by atoms with Crippen LogP contribution in [0, 0.1) is 5.92 Å². The summed E-state index contributed by atoms with van der Waals surface area (Å²) in [4.78, 5) is 4.30. The second-order valence-corrected chi connectivity index (χ2v) is 4.62. The summed E-state index contributed by atoms with van der Waals surface area (Å²) in [6.45, 7) is 5.76. The lowest BCUT2D eigenvalue weighted by molar-refractivity contribution is 0.410. The molecule has 1 aromatic carbocycles. The molecule has 18 heavy (non-hydrogen) atoms. The number of benzene rings is 1. The minimum Gasteiger partial charge on any atom is -0.496 e. The summed E-state index contributed by atoms with van der Waals surface area (Å²) in [6, 6.07) is 7.82. The zero-order chi connectivity index (χ0) is 13.4. The molecule has 0 fully saturated rings. The molecule has 0 heterocycles. The number of guanidine groups is 1. The Kier molecular flexibility index (Phi) is 6.05. The molecule has 0 saturated carbocycles. The van der Waals surface area contributed by atoms with E-state index in [1.54, 1.807) is 7.11 Å². The lowest BCUT2D eigenvalue weighted by Gasteiger charge is -2.08. The van der Waals surface area contributed by atoms with E-state index < -0.39 is 0 Å². The summed E-state index contributed by atoms with van der Waals surface area (Å²) in [5, 5.41) is 3.11. The Morgan fingerprint density at radius 1 is 1.39 bits per heavy atom. The third-order valence-electron chi connectivity index (χ3n) is 2.64. The van der Waals surface area contributed by atoms with Crippen molar-refractivity contribution in [2.45, 2.75) is 26.8 Å². The Morgan fingerprint density at radius 3 is 2.78 bits per heavy atom. The molecule has 3 N–H and O–H groups in total. The Hall–Kier alpha value is -1.71. The average Bonchev–Trinajstić information content (AvgIpc) is 2.36. The number of ether oxygens (including phenoxy) is 1. The number of para-hydroxylation sites is 1. The fourth-order valence-electron chi connectivity index (χ4n) is 1.55. The Morgan fingerprint density at radius 2 is 2.11 bits per heavy atom. The first-order chi connectivity index (χ1) is 8.63. The summed E-state index contributed by atoms with van der Waals surface area (Å²) in [5.41, 5.74) is 6.83. The van der Waals surface area contributed by atoms with Gasteiger partial charge in [0.15, 0.2) is 5.96 Å². The predicted octanol–water partition coefficient (Wildman–Crippen LogP) is 2.15. The van der Waals surface area contributed by atoms with Crippen molar-refractivity contribution in [3.8, 4) is 5.75 Å². The molecule has 1 rings (SSSR count). The van der Waals surface area contributed by atoms with E-state index in [0.29, 0.717) is 18.4 Å². The lowest BCUT2D eigenvalue weighted by atomic mass is 10.1. The van der Waals surface area contributed by atoms with Gasteiger partial charge in [-0.2, -0.15) is 0 Å². The van der Waals surface area contributed by atoms with Crippen molar-refractivity contribution < 1.29 is 4.74 Å². The molecule has 0 spiro atoms. The van der Waals surface area contributed by atoms with Crippen LogP contribution in [0.25, 0.3) is 0 Å². The van der Waals surface area contributed by atoms with Gasteiger partial charge in [-0.25, -0.2) is 4.99 Å². The minimum absolute atomic E-state index is 0.488. The first-order valence-corrected chi connectivity index (χ1v) is 6.29. The second kappa shape index (κ2) is 7.58. The largest absolute Gasteiger partial charge is 0.496 e. The summed E-state index contributed by atoms with van der Waals surface area (Å²) in [6.07, 6.45) is 1.09. The van der Waals surface area contributed by atoms with Gasteiger partial charge in [0.1, 0.15) is 5.75 Å². The van der Waals surface area contributed by atoms with Crippen molar-refractivity contribution in [3.63, 3.8) is 0 Å². The Balaban J connectivity index is 2.47. The van der Waals surface area contributed by atoms with E-state index in [2.05, 4.69) is 24.2 Å². The highest BCUT2D eigenvalue weighted by Gasteiger charge is 2.00. The maximum absolute atomic E-state index is 5.80. The van der Waals surface area contributed by atoms with Crippen LogP contribution in [0.15, 0.2) is 29.3 Å². The highest BCUT2D eigenvalue weighted by atomic mass is 16.5. The van der Waals surface area contributed by atoms with E-state index in [4.69, 9.17) is 10.5 Å². The van der Waals surface area contributed by atoms with Gasteiger partial charge in [0.25, 0.3) is 0 Å². The molecule has 4 nitrogen and oxygen atoms in total. The first-order valence-electron chi connectivity index (χ1n) is 6.29. The van der Waals surface area contributed by atoms with Crippen LogP contribution >= 0.6 is 0 Å². The fourth-order valence-corrected chi connectivity index (χ4v) is 1.55. The SMILES string of the molecule is COc1ccccc1CN=C(N)NCCC(C)C. The van der Waals surface area contributed by atoms with Crippen LogP contribution in [0.3, 0.4) is 0 Å². The molecule has 0 saturated heterocycles. The average molecular weight is 249 g/mol. The molecule has 0 aliphatic rings. The number of nitrogens with two attached hydrogens (primary N) is 1. The van der Waals surface area contributed by atoms with Gasteiger partial charge in [-0.15, -0.1) is 0 Å². The molecule has 0 radical (unpaired) electrons. The van der Waals surface area contributed by atoms with Crippen LogP contribution in [-0.2, 0) is 6.54 Å². The smallest absolute Gasteiger partial charge is 0.188 e. The van der Waals surface area contributed by atoms with Crippen LogP contribution < -0.4 is 15.8 Å². The van der Waals surface area contributed by atoms with Gasteiger partial charge in [-0.1, -0.05) is 32.0 Å². The van der Waals surface area contributed by atoms with Gasteiger partial charge in [-0.3, -0.25) is 0 Å². The Labute approximate surface area is 109 Å². The number of hydrogen-bond donors (Lipinski definition) is 2. The van der Waals surface area contributed by atoms with E-state index in [1.165, 1.54) is 0 Å². The maximum Gasteiger partial charge on any atom is 0.188 e. The number of nitrogens with one attached hydrogen (secondary N) is 1. The monoisotopic (exact) mass is 249 g/mol. The lowest BCUT2D eigenvalue weighted by Crippen LogP contribution is -2.32. The van der Waals surface area contributed by atoms with Gasteiger partial charge in [0.05, 0.1) is 13.7 Å². The molecule has 0 aromatic heterocycles. The molecule has 1 aromatic rings. The molecular formula is C14H23N3O. The van der Waals surface area contributed by atoms with E-state index in [0.717, 1.165) is 24.3 Å². The van der Waals surface area contributed by atoms with Crippen molar-refractivity contribution in [2.75, 3.05) is 13.7 Å². The zero-order valence-corrected chi connectivity index (χ0v) is 11.4. The van der Waals surface area contributed by atoms with Gasteiger partial charge in [0.2, 0.25) is 0 Å². The molecular weight excluding hydrogens is 226 g/mol. The van der Waals surface area contributed by atoms with E-state index in [1.807, 2.05) is 24.3 Å². The summed E-state index contributed by atoms with van der Waals surface area (Å²) < 4.78 is 5.26. The van der Waals surface area contributed by atoms with Crippen LogP contribution in [-0.4, -0.2) is 19.6 Å². The van der Waals surface area contributed by atoms with Crippen molar-refractivity contribution >= 4 is 5.96 Å². The molecule has 0 bridgehead atoms. The van der Waals surface area contributed by atoms with Gasteiger partial charge < -0.3 is 15.8 Å². The number of aliphatic imine (C=N–C) groups is 1. The van der Waals surface area contributed by atoms with Crippen LogP contribution in [0.4, 0.5) is 0 Å². The number of nitrogens with zero attached hydrogens (tertiary/aromatic N) is 1. The third-order valence-corrected chi connectivity index (χ3v) is 2.64. The normalized spacial score (nSPS) is 11.7. The Bertz CT molecular complexity index is 388. The summed E-state index contributed by atoms with van der Waals surface area (Å²) in [7, 11) is 1.66. The van der Waals surface area contributed by atoms with Crippen molar-refractivity contribution in [3.05, 3.63) is 29.8 Å². The second-order valence-electron chi connectivity index (χ2n) is 4.62. The van der Waals surface area contributed by atoms with Crippen molar-refractivity contribution in [1.82, 2.24) is 5.32 Å². The van der Waals surface area contributed by atoms with Gasteiger partial charge in [0, 0.05) is 12.1 Å². The van der Waals surface area contributed by atoms with Crippen molar-refractivity contribution in [2.24, 2.45) is 16.6 Å². The highest BCUT2D eigenvalue weighted by Crippen LogP contribution is 2.17. The third kappa shape index (κ3) is 5.08. The van der Waals surface area contributed by atoms with E-state index in [9.17, 15) is 0 Å². The van der Waals surface area contributed by atoms with Gasteiger partial charge >= 0.3 is 0 Å². The van der Waals surface area contributed by atoms with Crippen LogP contribution in [0.2, 0.25) is 0 Å². The number of hydrogen-bond acceptors (Lipinski definition) is 2. The molecule has 0 atom stereocenters. The molecule has 100 valence electrons.